The van der Waals surface area contributed by atoms with Gasteiger partial charge in [-0.15, -0.1) is 0 Å². The molecular weight excluding hydrogens is 524 g/mol. The van der Waals surface area contributed by atoms with E-state index in [0.29, 0.717) is 37.0 Å². The Morgan fingerprint density at radius 3 is 2.33 bits per heavy atom. The van der Waals surface area contributed by atoms with E-state index in [0.717, 1.165) is 22.2 Å². The fourth-order valence-corrected chi connectivity index (χ4v) is 4.95. The summed E-state index contributed by atoms with van der Waals surface area (Å²) in [6, 6.07) is 17.4. The van der Waals surface area contributed by atoms with Gasteiger partial charge in [-0.05, 0) is 48.2 Å². The normalized spacial score (nSPS) is 14.9. The maximum atomic E-state index is 13.0. The number of benzene rings is 3. The topological polar surface area (TPSA) is 46.6 Å². The zero-order chi connectivity index (χ0) is 23.5. The van der Waals surface area contributed by atoms with Crippen LogP contribution in [0.5, 0.6) is 5.75 Å². The summed E-state index contributed by atoms with van der Waals surface area (Å²) in [5.74, 6) is 0.126. The second-order valence-electron chi connectivity index (χ2n) is 7.03. The quantitative estimate of drug-likeness (QED) is 0.297. The Labute approximate surface area is 215 Å². The molecule has 0 N–H and O–H groups in total. The number of hydrogen-bond donors (Lipinski definition) is 0. The number of para-hydroxylation sites is 1. The maximum Gasteiger partial charge on any atom is 0.293 e. The van der Waals surface area contributed by atoms with Crippen LogP contribution in [0.15, 0.2) is 65.6 Å². The Hall–Kier alpha value is -2.15. The van der Waals surface area contributed by atoms with Crippen molar-refractivity contribution in [1.29, 1.82) is 0 Å². The molecule has 168 valence electrons. The Morgan fingerprint density at radius 1 is 0.879 bits per heavy atom. The molecule has 0 saturated carbocycles. The Balaban J connectivity index is 1.54. The van der Waals surface area contributed by atoms with Crippen LogP contribution in [0.4, 0.5) is 4.79 Å². The third kappa shape index (κ3) is 5.51. The number of ether oxygens (including phenoxy) is 1. The maximum absolute atomic E-state index is 13.0. The minimum Gasteiger partial charge on any atom is -0.488 e. The van der Waals surface area contributed by atoms with E-state index in [9.17, 15) is 9.59 Å². The van der Waals surface area contributed by atoms with Gasteiger partial charge in [0.05, 0.1) is 11.4 Å². The standard InChI is InChI=1S/C24H15Cl4NO3S/c25-16-9-8-15(20(28)11-16)13-32-21-7-2-1-4-14(21)10-22-23(30)29(24(31)33-22)12-17-18(26)5-3-6-19(17)27/h1-11H,12-13H2/b22-10-. The molecule has 0 unspecified atom stereocenters. The fourth-order valence-electron chi connectivity index (χ4n) is 3.14. The van der Waals surface area contributed by atoms with Gasteiger partial charge >= 0.3 is 0 Å². The van der Waals surface area contributed by atoms with Crippen LogP contribution >= 0.6 is 58.2 Å². The van der Waals surface area contributed by atoms with Crippen LogP contribution in [-0.4, -0.2) is 16.0 Å². The molecule has 3 aromatic rings. The van der Waals surface area contributed by atoms with Gasteiger partial charge in [-0.3, -0.25) is 14.5 Å². The Bertz CT molecular complexity index is 1260. The second-order valence-corrected chi connectivity index (χ2v) is 9.68. The van der Waals surface area contributed by atoms with Gasteiger partial charge in [-0.1, -0.05) is 76.7 Å². The van der Waals surface area contributed by atoms with Crippen molar-refractivity contribution >= 4 is 75.4 Å². The van der Waals surface area contributed by atoms with Crippen molar-refractivity contribution in [3.63, 3.8) is 0 Å². The van der Waals surface area contributed by atoms with E-state index in [2.05, 4.69) is 0 Å². The first kappa shape index (κ1) is 24.0. The molecule has 0 radical (unpaired) electrons. The summed E-state index contributed by atoms with van der Waals surface area (Å²) in [7, 11) is 0. The summed E-state index contributed by atoms with van der Waals surface area (Å²) >= 11 is 25.4. The van der Waals surface area contributed by atoms with Gasteiger partial charge in [0.15, 0.2) is 0 Å². The SMILES string of the molecule is O=C1S/C(=C\c2ccccc2OCc2ccc(Cl)cc2Cl)C(=O)N1Cc1c(Cl)cccc1Cl. The van der Waals surface area contributed by atoms with Crippen molar-refractivity contribution < 1.29 is 14.3 Å². The molecule has 0 atom stereocenters. The number of amides is 2. The third-order valence-electron chi connectivity index (χ3n) is 4.86. The smallest absolute Gasteiger partial charge is 0.293 e. The average molecular weight is 539 g/mol. The van der Waals surface area contributed by atoms with Crippen LogP contribution in [0.1, 0.15) is 16.7 Å². The van der Waals surface area contributed by atoms with Gasteiger partial charge in [0.1, 0.15) is 12.4 Å². The highest BCUT2D eigenvalue weighted by Crippen LogP contribution is 2.37. The number of rotatable bonds is 6. The number of imide groups is 1. The molecule has 0 aromatic heterocycles. The number of carbonyl (C=O) groups excluding carboxylic acids is 2. The first-order valence-electron chi connectivity index (χ1n) is 9.67. The molecule has 1 fully saturated rings. The molecule has 33 heavy (non-hydrogen) atoms. The predicted molar refractivity (Wildman–Crippen MR) is 135 cm³/mol. The first-order valence-corrected chi connectivity index (χ1v) is 12.0. The van der Waals surface area contributed by atoms with E-state index in [-0.39, 0.29) is 18.1 Å². The van der Waals surface area contributed by atoms with E-state index in [1.165, 1.54) is 0 Å². The molecule has 1 aliphatic rings. The van der Waals surface area contributed by atoms with E-state index >= 15 is 0 Å². The molecule has 9 heteroatoms. The summed E-state index contributed by atoms with van der Waals surface area (Å²) in [6.45, 7) is 0.209. The van der Waals surface area contributed by atoms with Crippen molar-refractivity contribution in [1.82, 2.24) is 4.90 Å². The first-order chi connectivity index (χ1) is 15.8. The molecular formula is C24H15Cl4NO3S. The molecule has 4 nitrogen and oxygen atoms in total. The number of nitrogens with zero attached hydrogens (tertiary/aromatic N) is 1. The lowest BCUT2D eigenvalue weighted by atomic mass is 10.1. The third-order valence-corrected chi connectivity index (χ3v) is 7.06. The molecule has 1 aliphatic heterocycles. The molecule has 1 saturated heterocycles. The summed E-state index contributed by atoms with van der Waals surface area (Å²) < 4.78 is 5.94. The molecule has 2 amide bonds. The number of thioether (sulfide) groups is 1. The average Bonchev–Trinajstić information content (AvgIpc) is 3.04. The Kier molecular flexibility index (Phi) is 7.57. The van der Waals surface area contributed by atoms with Crippen LogP contribution in [0.3, 0.4) is 0 Å². The highest BCUT2D eigenvalue weighted by atomic mass is 35.5. The fraction of sp³-hybridized carbons (Fsp3) is 0.0833. The van der Waals surface area contributed by atoms with E-state index in [1.807, 2.05) is 12.1 Å². The van der Waals surface area contributed by atoms with Gasteiger partial charge in [0, 0.05) is 36.8 Å². The van der Waals surface area contributed by atoms with E-state index < -0.39 is 11.1 Å². The van der Waals surface area contributed by atoms with Gasteiger partial charge in [-0.2, -0.15) is 0 Å². The monoisotopic (exact) mass is 537 g/mol. The lowest BCUT2D eigenvalue weighted by molar-refractivity contribution is -0.123. The lowest BCUT2D eigenvalue weighted by Gasteiger charge is -2.14. The highest BCUT2D eigenvalue weighted by Gasteiger charge is 2.36. The van der Waals surface area contributed by atoms with Crippen LogP contribution in [0.25, 0.3) is 6.08 Å². The van der Waals surface area contributed by atoms with Crippen LogP contribution in [0, 0.1) is 0 Å². The van der Waals surface area contributed by atoms with E-state index in [1.54, 1.807) is 54.6 Å². The molecule has 0 aliphatic carbocycles. The Morgan fingerprint density at radius 2 is 1.61 bits per heavy atom. The molecule has 3 aromatic carbocycles. The van der Waals surface area contributed by atoms with Crippen molar-refractivity contribution in [3.8, 4) is 5.75 Å². The highest BCUT2D eigenvalue weighted by molar-refractivity contribution is 8.18. The minimum absolute atomic E-state index is 0.00622. The molecule has 4 rings (SSSR count). The zero-order valence-electron chi connectivity index (χ0n) is 16.9. The number of carbonyl (C=O) groups is 2. The van der Waals surface area contributed by atoms with Gasteiger partial charge in [0.25, 0.3) is 11.1 Å². The summed E-state index contributed by atoms with van der Waals surface area (Å²) in [4.78, 5) is 26.9. The predicted octanol–water partition coefficient (Wildman–Crippen LogP) is 8.12. The summed E-state index contributed by atoms with van der Waals surface area (Å²) in [5, 5.41) is 1.43. The summed E-state index contributed by atoms with van der Waals surface area (Å²) in [6.07, 6.45) is 1.64. The van der Waals surface area contributed by atoms with Crippen LogP contribution in [-0.2, 0) is 17.9 Å². The van der Waals surface area contributed by atoms with Crippen LogP contribution < -0.4 is 4.74 Å². The van der Waals surface area contributed by atoms with Crippen molar-refractivity contribution in [3.05, 3.63) is 102 Å². The lowest BCUT2D eigenvalue weighted by Crippen LogP contribution is -2.27. The van der Waals surface area contributed by atoms with Gasteiger partial charge < -0.3 is 4.74 Å². The van der Waals surface area contributed by atoms with E-state index in [4.69, 9.17) is 51.1 Å². The molecule has 1 heterocycles. The summed E-state index contributed by atoms with van der Waals surface area (Å²) in [5.41, 5.74) is 1.95. The molecule has 0 spiro atoms. The van der Waals surface area contributed by atoms with Gasteiger partial charge in [0.2, 0.25) is 0 Å². The zero-order valence-corrected chi connectivity index (χ0v) is 20.7. The second kappa shape index (κ2) is 10.4. The van der Waals surface area contributed by atoms with Crippen molar-refractivity contribution in [2.24, 2.45) is 0 Å². The van der Waals surface area contributed by atoms with Crippen molar-refractivity contribution in [2.75, 3.05) is 0 Å². The number of hydrogen-bond acceptors (Lipinski definition) is 4. The van der Waals surface area contributed by atoms with Crippen molar-refractivity contribution in [2.45, 2.75) is 13.2 Å². The minimum atomic E-state index is -0.420. The van der Waals surface area contributed by atoms with Crippen LogP contribution in [0.2, 0.25) is 20.1 Å². The number of halogens is 4. The molecule has 0 bridgehead atoms. The largest absolute Gasteiger partial charge is 0.488 e. The van der Waals surface area contributed by atoms with Gasteiger partial charge in [-0.25, -0.2) is 0 Å².